The van der Waals surface area contributed by atoms with Gasteiger partial charge >= 0.3 is 6.03 Å². The summed E-state index contributed by atoms with van der Waals surface area (Å²) in [4.78, 5) is 43.6. The van der Waals surface area contributed by atoms with Crippen molar-refractivity contribution in [2.75, 3.05) is 0 Å². The summed E-state index contributed by atoms with van der Waals surface area (Å²) < 4.78 is 1.64. The van der Waals surface area contributed by atoms with E-state index in [1.165, 1.54) is 23.1 Å². The quantitative estimate of drug-likeness (QED) is 0.396. The van der Waals surface area contributed by atoms with E-state index in [4.69, 9.17) is 10.7 Å². The first-order valence-electron chi connectivity index (χ1n) is 10.1. The summed E-state index contributed by atoms with van der Waals surface area (Å²) in [6.45, 7) is 6.23. The van der Waals surface area contributed by atoms with Gasteiger partial charge in [-0.3, -0.25) is 19.5 Å². The van der Waals surface area contributed by atoms with E-state index >= 15 is 0 Å². The minimum Gasteiger partial charge on any atom is -0.351 e. The summed E-state index contributed by atoms with van der Waals surface area (Å²) >= 11 is 2.68. The Morgan fingerprint density at radius 1 is 1.26 bits per heavy atom. The predicted molar refractivity (Wildman–Crippen MR) is 126 cm³/mol. The lowest BCUT2D eigenvalue weighted by atomic mass is 10.1. The average molecular weight is 459 g/mol. The van der Waals surface area contributed by atoms with E-state index in [1.54, 1.807) is 4.57 Å². The van der Waals surface area contributed by atoms with Gasteiger partial charge in [0.2, 0.25) is 5.91 Å². The Morgan fingerprint density at radius 2 is 1.97 bits per heavy atom. The number of hydrogen-bond donors (Lipinski definition) is 2. The van der Waals surface area contributed by atoms with Crippen molar-refractivity contribution in [3.8, 4) is 0 Å². The SMILES string of the molecule is CCc1cc2c(=O)n(CCc3ccccc3)c(SC(C(=O)NC(N)=O)C(C)C)nc2s1. The first-order valence-corrected chi connectivity index (χ1v) is 11.8. The van der Waals surface area contributed by atoms with Crippen molar-refractivity contribution in [2.24, 2.45) is 11.7 Å². The van der Waals surface area contributed by atoms with Crippen LogP contribution in [0.5, 0.6) is 0 Å². The number of thiophene rings is 1. The molecule has 3 rings (SSSR count). The number of hydrogen-bond acceptors (Lipinski definition) is 6. The molecular formula is C22H26N4O3S2. The van der Waals surface area contributed by atoms with Crippen LogP contribution in [0.4, 0.5) is 4.79 Å². The third-order valence-corrected chi connectivity index (χ3v) is 7.53. The molecule has 164 valence electrons. The van der Waals surface area contributed by atoms with E-state index < -0.39 is 17.2 Å². The number of aromatic nitrogens is 2. The number of carbonyl (C=O) groups excluding carboxylic acids is 2. The molecular weight excluding hydrogens is 432 g/mol. The highest BCUT2D eigenvalue weighted by Crippen LogP contribution is 2.30. The molecule has 3 aromatic rings. The summed E-state index contributed by atoms with van der Waals surface area (Å²) in [7, 11) is 0. The maximum atomic E-state index is 13.3. The molecule has 2 heterocycles. The van der Waals surface area contributed by atoms with E-state index in [9.17, 15) is 14.4 Å². The number of benzene rings is 1. The molecule has 3 amide bonds. The summed E-state index contributed by atoms with van der Waals surface area (Å²) in [5.41, 5.74) is 6.13. The summed E-state index contributed by atoms with van der Waals surface area (Å²) in [5.74, 6) is -0.592. The zero-order valence-electron chi connectivity index (χ0n) is 17.8. The van der Waals surface area contributed by atoms with Gasteiger partial charge in [-0.15, -0.1) is 11.3 Å². The van der Waals surface area contributed by atoms with Crippen LogP contribution in [0.15, 0.2) is 46.3 Å². The van der Waals surface area contributed by atoms with Gasteiger partial charge in [0, 0.05) is 11.4 Å². The Labute approximate surface area is 189 Å². The van der Waals surface area contributed by atoms with Crippen LogP contribution in [0.1, 0.15) is 31.2 Å². The van der Waals surface area contributed by atoms with Crippen LogP contribution in [-0.2, 0) is 24.2 Å². The van der Waals surface area contributed by atoms with Gasteiger partial charge in [0.05, 0.1) is 10.6 Å². The zero-order valence-corrected chi connectivity index (χ0v) is 19.4. The molecule has 0 bridgehead atoms. The standard InChI is InChI=1S/C22H26N4O3S2/c1-4-15-12-16-19(30-15)25-22(31-17(13(2)3)18(27)24-21(23)29)26(20(16)28)11-10-14-8-6-5-7-9-14/h5-9,12-13,17H,4,10-11H2,1-3H3,(H3,23,24,27,29). The Kier molecular flexibility index (Phi) is 7.50. The molecule has 0 radical (unpaired) electrons. The molecule has 7 nitrogen and oxygen atoms in total. The summed E-state index contributed by atoms with van der Waals surface area (Å²) in [5, 5.41) is 2.60. The number of urea groups is 1. The maximum absolute atomic E-state index is 13.3. The number of thioether (sulfide) groups is 1. The molecule has 0 spiro atoms. The first-order chi connectivity index (χ1) is 14.8. The minimum absolute atomic E-state index is 0.103. The molecule has 1 atom stereocenters. The Hall–Kier alpha value is -2.65. The van der Waals surface area contributed by atoms with Crippen LogP contribution in [0.25, 0.3) is 10.2 Å². The van der Waals surface area contributed by atoms with E-state index in [-0.39, 0.29) is 11.5 Å². The van der Waals surface area contributed by atoms with Crippen LogP contribution in [0.3, 0.4) is 0 Å². The second kappa shape index (κ2) is 10.1. The molecule has 0 aliphatic rings. The molecule has 31 heavy (non-hydrogen) atoms. The van der Waals surface area contributed by atoms with Crippen molar-refractivity contribution < 1.29 is 9.59 Å². The number of imide groups is 1. The van der Waals surface area contributed by atoms with E-state index in [0.717, 1.165) is 16.9 Å². The van der Waals surface area contributed by atoms with E-state index in [2.05, 4.69) is 5.32 Å². The number of amides is 3. The van der Waals surface area contributed by atoms with Gasteiger partial charge in [-0.25, -0.2) is 9.78 Å². The largest absolute Gasteiger partial charge is 0.351 e. The smallest absolute Gasteiger partial charge is 0.318 e. The van der Waals surface area contributed by atoms with Gasteiger partial charge in [0.1, 0.15) is 4.83 Å². The number of nitrogens with two attached hydrogens (primary N) is 1. The third-order valence-electron chi connectivity index (χ3n) is 4.83. The zero-order chi connectivity index (χ0) is 22.5. The van der Waals surface area contributed by atoms with Gasteiger partial charge in [-0.1, -0.05) is 62.9 Å². The lowest BCUT2D eigenvalue weighted by Gasteiger charge is -2.20. The number of carbonyl (C=O) groups is 2. The number of fused-ring (bicyclic) bond motifs is 1. The molecule has 1 unspecified atom stereocenters. The van der Waals surface area contributed by atoms with Crippen molar-refractivity contribution >= 4 is 45.3 Å². The molecule has 0 aliphatic carbocycles. The van der Waals surface area contributed by atoms with Crippen LogP contribution >= 0.6 is 23.1 Å². The van der Waals surface area contributed by atoms with Crippen molar-refractivity contribution in [1.29, 1.82) is 0 Å². The van der Waals surface area contributed by atoms with Gasteiger partial charge in [0.25, 0.3) is 5.56 Å². The topological polar surface area (TPSA) is 107 Å². The third kappa shape index (κ3) is 5.54. The van der Waals surface area contributed by atoms with Crippen LogP contribution in [0.2, 0.25) is 0 Å². The minimum atomic E-state index is -0.896. The molecule has 0 aliphatic heterocycles. The van der Waals surface area contributed by atoms with Crippen molar-refractivity contribution in [3.05, 3.63) is 57.2 Å². The Balaban J connectivity index is 2.03. The molecule has 0 saturated heterocycles. The number of nitrogens with zero attached hydrogens (tertiary/aromatic N) is 2. The maximum Gasteiger partial charge on any atom is 0.318 e. The van der Waals surface area contributed by atoms with Crippen LogP contribution in [0, 0.1) is 5.92 Å². The average Bonchev–Trinajstić information content (AvgIpc) is 3.15. The summed E-state index contributed by atoms with van der Waals surface area (Å²) in [6, 6.07) is 10.9. The number of rotatable bonds is 8. The normalized spacial score (nSPS) is 12.3. The fourth-order valence-corrected chi connectivity index (χ4v) is 5.32. The molecule has 9 heteroatoms. The second-order valence-corrected chi connectivity index (χ2v) is 9.73. The van der Waals surface area contributed by atoms with Gasteiger partial charge < -0.3 is 5.73 Å². The van der Waals surface area contributed by atoms with Gasteiger partial charge in [-0.05, 0) is 30.4 Å². The number of primary amides is 1. The molecule has 3 N–H and O–H groups in total. The fourth-order valence-electron chi connectivity index (χ4n) is 3.19. The van der Waals surface area contributed by atoms with Crippen molar-refractivity contribution in [2.45, 2.75) is 50.6 Å². The lowest BCUT2D eigenvalue weighted by molar-refractivity contribution is -0.120. The lowest BCUT2D eigenvalue weighted by Crippen LogP contribution is -2.42. The van der Waals surface area contributed by atoms with E-state index in [1.807, 2.05) is 57.2 Å². The first kappa shape index (κ1) is 23.0. The van der Waals surface area contributed by atoms with Crippen LogP contribution < -0.4 is 16.6 Å². The molecule has 2 aromatic heterocycles. The summed E-state index contributed by atoms with van der Waals surface area (Å²) in [6.07, 6.45) is 1.48. The fraction of sp³-hybridized carbons (Fsp3) is 0.364. The van der Waals surface area contributed by atoms with Gasteiger partial charge in [0.15, 0.2) is 5.16 Å². The number of nitrogens with one attached hydrogen (secondary N) is 1. The molecule has 0 fully saturated rings. The predicted octanol–water partition coefficient (Wildman–Crippen LogP) is 3.57. The van der Waals surface area contributed by atoms with Gasteiger partial charge in [-0.2, -0.15) is 0 Å². The molecule has 0 saturated carbocycles. The van der Waals surface area contributed by atoms with Crippen molar-refractivity contribution in [3.63, 3.8) is 0 Å². The monoisotopic (exact) mass is 458 g/mol. The van der Waals surface area contributed by atoms with Crippen molar-refractivity contribution in [1.82, 2.24) is 14.9 Å². The van der Waals surface area contributed by atoms with Crippen LogP contribution in [-0.4, -0.2) is 26.7 Å². The van der Waals surface area contributed by atoms with E-state index in [0.29, 0.717) is 28.3 Å². The highest BCUT2D eigenvalue weighted by Gasteiger charge is 2.27. The Bertz CT molecular complexity index is 1140. The highest BCUT2D eigenvalue weighted by molar-refractivity contribution is 8.00. The molecule has 1 aromatic carbocycles. The number of aryl methyl sites for hydroxylation is 2. The highest BCUT2D eigenvalue weighted by atomic mass is 32.2. The second-order valence-electron chi connectivity index (χ2n) is 7.51. The Morgan fingerprint density at radius 3 is 2.58 bits per heavy atom.